The SMILES string of the molecule is C[N+](/N=C\C1=C(Cl)c2cc(Cl)ccc2SC1)=C1NCCN1. The summed E-state index contributed by atoms with van der Waals surface area (Å²) in [6, 6.07) is 5.79. The first-order valence-electron chi connectivity index (χ1n) is 6.59. The summed E-state index contributed by atoms with van der Waals surface area (Å²) in [5.74, 6) is 1.72. The van der Waals surface area contributed by atoms with Gasteiger partial charge in [-0.05, 0) is 18.2 Å². The number of nitrogens with one attached hydrogen (secondary N) is 2. The Hall–Kier alpha value is -1.17. The van der Waals surface area contributed by atoms with E-state index in [1.165, 1.54) is 0 Å². The Balaban J connectivity index is 1.89. The van der Waals surface area contributed by atoms with Crippen LogP contribution in [0.25, 0.3) is 5.03 Å². The number of rotatable bonds is 2. The summed E-state index contributed by atoms with van der Waals surface area (Å²) < 4.78 is 1.78. The molecule has 7 heteroatoms. The number of benzene rings is 1. The summed E-state index contributed by atoms with van der Waals surface area (Å²) in [5, 5.41) is 12.3. The third kappa shape index (κ3) is 3.20. The molecule has 4 nitrogen and oxygen atoms in total. The number of hydrogen-bond donors (Lipinski definition) is 2. The molecule has 110 valence electrons. The van der Waals surface area contributed by atoms with Gasteiger partial charge in [-0.25, -0.2) is 0 Å². The van der Waals surface area contributed by atoms with Gasteiger partial charge in [0.15, 0.2) is 0 Å². The summed E-state index contributed by atoms with van der Waals surface area (Å²) in [6.45, 7) is 1.83. The number of guanidine groups is 1. The van der Waals surface area contributed by atoms with Crippen molar-refractivity contribution in [1.82, 2.24) is 10.6 Å². The Morgan fingerprint density at radius 3 is 2.81 bits per heavy atom. The van der Waals surface area contributed by atoms with Gasteiger partial charge in [-0.3, -0.25) is 10.6 Å². The van der Waals surface area contributed by atoms with Crippen LogP contribution in [0.5, 0.6) is 0 Å². The molecule has 0 radical (unpaired) electrons. The Labute approximate surface area is 137 Å². The molecule has 0 aliphatic carbocycles. The summed E-state index contributed by atoms with van der Waals surface area (Å²) in [7, 11) is 1.90. The highest BCUT2D eigenvalue weighted by Crippen LogP contribution is 2.39. The Kier molecular flexibility index (Phi) is 4.42. The van der Waals surface area contributed by atoms with Crippen molar-refractivity contribution < 1.29 is 4.68 Å². The van der Waals surface area contributed by atoms with Crippen LogP contribution in [0, 0.1) is 0 Å². The lowest BCUT2D eigenvalue weighted by atomic mass is 10.1. The predicted molar refractivity (Wildman–Crippen MR) is 90.6 cm³/mol. The van der Waals surface area contributed by atoms with Crippen molar-refractivity contribution in [3.63, 3.8) is 0 Å². The van der Waals surface area contributed by atoms with E-state index in [0.29, 0.717) is 5.02 Å². The maximum absolute atomic E-state index is 6.49. The van der Waals surface area contributed by atoms with E-state index in [2.05, 4.69) is 15.7 Å². The van der Waals surface area contributed by atoms with Crippen LogP contribution in [0.15, 0.2) is 33.8 Å². The van der Waals surface area contributed by atoms with Gasteiger partial charge in [-0.2, -0.15) is 0 Å². The first-order chi connectivity index (χ1) is 10.1. The van der Waals surface area contributed by atoms with E-state index in [1.54, 1.807) is 16.4 Å². The fraction of sp³-hybridized carbons (Fsp3) is 0.286. The third-order valence-corrected chi connectivity index (χ3v) is 5.07. The zero-order valence-corrected chi connectivity index (χ0v) is 13.8. The second-order valence-corrected chi connectivity index (χ2v) is 6.57. The van der Waals surface area contributed by atoms with Gasteiger partial charge in [-0.1, -0.05) is 23.2 Å². The number of hydrazone groups is 1. The molecule has 2 heterocycles. The van der Waals surface area contributed by atoms with Crippen molar-refractivity contribution in [3.8, 4) is 0 Å². The van der Waals surface area contributed by atoms with E-state index in [0.717, 1.165) is 45.9 Å². The largest absolute Gasteiger partial charge is 0.369 e. The maximum atomic E-state index is 6.49. The highest BCUT2D eigenvalue weighted by molar-refractivity contribution is 7.99. The molecule has 1 saturated heterocycles. The number of nitrogens with zero attached hydrogens (tertiary/aromatic N) is 2. The first kappa shape index (κ1) is 14.8. The Morgan fingerprint density at radius 1 is 1.29 bits per heavy atom. The molecule has 3 rings (SSSR count). The van der Waals surface area contributed by atoms with Gasteiger partial charge in [0.1, 0.15) is 0 Å². The Morgan fingerprint density at radius 2 is 2.05 bits per heavy atom. The smallest absolute Gasteiger partial charge is 0.273 e. The molecule has 0 bridgehead atoms. The van der Waals surface area contributed by atoms with Crippen molar-refractivity contribution in [2.75, 3.05) is 25.9 Å². The monoisotopic (exact) mass is 341 g/mol. The molecule has 0 atom stereocenters. The van der Waals surface area contributed by atoms with E-state index in [4.69, 9.17) is 23.2 Å². The van der Waals surface area contributed by atoms with Gasteiger partial charge in [0.05, 0.1) is 31.4 Å². The minimum Gasteiger partial charge on any atom is -0.273 e. The van der Waals surface area contributed by atoms with E-state index in [1.807, 2.05) is 31.5 Å². The van der Waals surface area contributed by atoms with E-state index >= 15 is 0 Å². The van der Waals surface area contributed by atoms with Crippen molar-refractivity contribution in [2.24, 2.45) is 5.10 Å². The highest BCUT2D eigenvalue weighted by atomic mass is 35.5. The number of thioether (sulfide) groups is 1. The van der Waals surface area contributed by atoms with E-state index in [-0.39, 0.29) is 0 Å². The van der Waals surface area contributed by atoms with Crippen LogP contribution in [-0.2, 0) is 0 Å². The van der Waals surface area contributed by atoms with Crippen LogP contribution >= 0.6 is 35.0 Å². The standard InChI is InChI=1S/C14H14Cl2N4S/c1-20(14-17-4-5-18-14)19-7-9-8-21-12-3-2-10(15)6-11(12)13(9)16/h2-3,6-7H,4-5,8H2,1H3,(H,17,18)/p+1/b19-7-. The average molecular weight is 342 g/mol. The summed E-state index contributed by atoms with van der Waals surface area (Å²) in [6.07, 6.45) is 1.81. The molecule has 0 spiro atoms. The van der Waals surface area contributed by atoms with Crippen LogP contribution in [-0.4, -0.2) is 42.7 Å². The van der Waals surface area contributed by atoms with Crippen molar-refractivity contribution in [3.05, 3.63) is 34.4 Å². The molecule has 2 N–H and O–H groups in total. The molecule has 0 amide bonds. The van der Waals surface area contributed by atoms with Gasteiger partial charge in [0.2, 0.25) is 0 Å². The lowest BCUT2D eigenvalue weighted by Crippen LogP contribution is -2.32. The maximum Gasteiger partial charge on any atom is 0.369 e. The lowest BCUT2D eigenvalue weighted by Gasteiger charge is -2.17. The number of hydrogen-bond acceptors (Lipinski definition) is 2. The summed E-state index contributed by atoms with van der Waals surface area (Å²) in [4.78, 5) is 1.16. The van der Waals surface area contributed by atoms with Crippen LogP contribution in [0.1, 0.15) is 5.56 Å². The van der Waals surface area contributed by atoms with Crippen LogP contribution in [0.3, 0.4) is 0 Å². The molecule has 1 aromatic carbocycles. The molecule has 2 aliphatic heterocycles. The van der Waals surface area contributed by atoms with E-state index < -0.39 is 0 Å². The van der Waals surface area contributed by atoms with Crippen molar-refractivity contribution in [2.45, 2.75) is 4.90 Å². The van der Waals surface area contributed by atoms with Crippen LogP contribution in [0.2, 0.25) is 5.02 Å². The second kappa shape index (κ2) is 6.30. The summed E-state index contributed by atoms with van der Waals surface area (Å²) in [5.41, 5.74) is 1.98. The van der Waals surface area contributed by atoms with Gasteiger partial charge < -0.3 is 0 Å². The normalized spacial score (nSPS) is 17.8. The predicted octanol–water partition coefficient (Wildman–Crippen LogP) is 2.57. The average Bonchev–Trinajstić information content (AvgIpc) is 3.01. The van der Waals surface area contributed by atoms with Gasteiger partial charge in [0.25, 0.3) is 0 Å². The molecular weight excluding hydrogens is 327 g/mol. The molecule has 1 fully saturated rings. The lowest BCUT2D eigenvalue weighted by molar-refractivity contribution is -0.505. The topological polar surface area (TPSA) is 39.4 Å². The second-order valence-electron chi connectivity index (χ2n) is 4.74. The molecule has 2 aliphatic rings. The van der Waals surface area contributed by atoms with Gasteiger partial charge >= 0.3 is 5.96 Å². The Bertz CT molecular complexity index is 659. The summed E-state index contributed by atoms with van der Waals surface area (Å²) >= 11 is 14.3. The number of halogens is 2. The first-order valence-corrected chi connectivity index (χ1v) is 8.33. The zero-order valence-electron chi connectivity index (χ0n) is 11.5. The van der Waals surface area contributed by atoms with Gasteiger partial charge in [0, 0.05) is 26.8 Å². The minimum absolute atomic E-state index is 0.692. The fourth-order valence-corrected chi connectivity index (χ4v) is 3.74. The van der Waals surface area contributed by atoms with Crippen LogP contribution in [0.4, 0.5) is 0 Å². The quantitative estimate of drug-likeness (QED) is 0.493. The van der Waals surface area contributed by atoms with Crippen LogP contribution < -0.4 is 10.6 Å². The van der Waals surface area contributed by atoms with E-state index in [9.17, 15) is 0 Å². The number of fused-ring (bicyclic) bond motifs is 1. The molecule has 0 aromatic heterocycles. The minimum atomic E-state index is 0.692. The molecule has 21 heavy (non-hydrogen) atoms. The highest BCUT2D eigenvalue weighted by Gasteiger charge is 2.19. The van der Waals surface area contributed by atoms with Crippen molar-refractivity contribution in [1.29, 1.82) is 0 Å². The van der Waals surface area contributed by atoms with Gasteiger partial charge in [-0.15, -0.1) is 21.5 Å². The van der Waals surface area contributed by atoms with Crippen molar-refractivity contribution >= 4 is 52.2 Å². The molecule has 0 unspecified atom stereocenters. The molecular formula is C14H15Cl2N4S+. The fourth-order valence-electron chi connectivity index (χ4n) is 2.15. The molecule has 0 saturated carbocycles. The third-order valence-electron chi connectivity index (χ3n) is 3.26. The molecule has 1 aromatic rings. The zero-order chi connectivity index (χ0) is 14.8.